The third-order valence-electron chi connectivity index (χ3n) is 3.26. The summed E-state index contributed by atoms with van der Waals surface area (Å²) in [4.78, 5) is 8.47. The highest BCUT2D eigenvalue weighted by molar-refractivity contribution is 6.16. The first kappa shape index (κ1) is 13.0. The first-order valence-corrected chi connectivity index (χ1v) is 7.04. The molecule has 110 valence electrons. The lowest BCUT2D eigenvalue weighted by Crippen LogP contribution is -1.98. The highest BCUT2D eigenvalue weighted by Gasteiger charge is 2.25. The summed E-state index contributed by atoms with van der Waals surface area (Å²) in [5, 5.41) is 0.579. The van der Waals surface area contributed by atoms with Crippen LogP contribution < -0.4 is 5.73 Å². The smallest absolute Gasteiger partial charge is 0.233 e. The van der Waals surface area contributed by atoms with Gasteiger partial charge in [-0.05, 0) is 24.3 Å². The van der Waals surface area contributed by atoms with E-state index in [1.54, 1.807) is 30.7 Å². The van der Waals surface area contributed by atoms with Crippen LogP contribution >= 0.6 is 11.6 Å². The first-order chi connectivity index (χ1) is 10.8. The Morgan fingerprint density at radius 1 is 1.05 bits per heavy atom. The number of hydrogen-bond donors (Lipinski definition) is 1. The van der Waals surface area contributed by atoms with Crippen molar-refractivity contribution in [3.63, 3.8) is 0 Å². The lowest BCUT2D eigenvalue weighted by atomic mass is 10.1. The van der Waals surface area contributed by atoms with Gasteiger partial charge in [0, 0.05) is 0 Å². The van der Waals surface area contributed by atoms with Gasteiger partial charge in [0.25, 0.3) is 0 Å². The summed E-state index contributed by atoms with van der Waals surface area (Å²) >= 11 is 5.79. The normalized spacial score (nSPS) is 11.3. The monoisotopic (exact) mass is 315 g/mol. The largest absolute Gasteiger partial charge is 0.464 e. The average molecular weight is 316 g/mol. The van der Waals surface area contributed by atoms with Gasteiger partial charge in [-0.3, -0.25) is 0 Å². The van der Waals surface area contributed by atoms with Gasteiger partial charge in [-0.2, -0.15) is 4.98 Å². The molecule has 0 unspecified atom stereocenters. The maximum atomic E-state index is 6.06. The van der Waals surface area contributed by atoms with E-state index in [0.29, 0.717) is 39.8 Å². The Morgan fingerprint density at radius 3 is 2.41 bits per heavy atom. The van der Waals surface area contributed by atoms with Gasteiger partial charge >= 0.3 is 0 Å². The van der Waals surface area contributed by atoms with E-state index in [-0.39, 0.29) is 11.7 Å². The molecular formula is C15H10ClN3O3. The summed E-state index contributed by atoms with van der Waals surface area (Å²) < 4.78 is 16.8. The summed E-state index contributed by atoms with van der Waals surface area (Å²) in [6.45, 7) is 0. The number of nitrogen functional groups attached to an aromatic ring is 1. The minimum absolute atomic E-state index is 0.146. The van der Waals surface area contributed by atoms with Crippen LogP contribution in [0.3, 0.4) is 0 Å². The van der Waals surface area contributed by atoms with Crippen molar-refractivity contribution in [1.82, 2.24) is 9.97 Å². The Morgan fingerprint density at radius 2 is 1.77 bits per heavy atom. The first-order valence-electron chi connectivity index (χ1n) is 6.50. The van der Waals surface area contributed by atoms with Crippen LogP contribution in [-0.4, -0.2) is 9.97 Å². The molecule has 4 rings (SSSR count). The van der Waals surface area contributed by atoms with Crippen molar-refractivity contribution in [2.45, 2.75) is 5.88 Å². The maximum Gasteiger partial charge on any atom is 0.233 e. The van der Waals surface area contributed by atoms with Crippen molar-refractivity contribution in [1.29, 1.82) is 0 Å². The third kappa shape index (κ3) is 1.88. The van der Waals surface area contributed by atoms with Crippen molar-refractivity contribution in [3.8, 4) is 22.8 Å². The molecule has 0 atom stereocenters. The van der Waals surface area contributed by atoms with Gasteiger partial charge in [0.05, 0.1) is 29.4 Å². The number of nitrogens with two attached hydrogens (primary N) is 1. The Kier molecular flexibility index (Phi) is 2.90. The van der Waals surface area contributed by atoms with E-state index >= 15 is 0 Å². The molecule has 0 saturated heterocycles. The topological polar surface area (TPSA) is 91.2 Å². The Labute approximate surface area is 129 Å². The molecule has 4 heterocycles. The molecule has 0 aromatic carbocycles. The maximum absolute atomic E-state index is 6.06. The van der Waals surface area contributed by atoms with Crippen LogP contribution in [0, 0.1) is 0 Å². The predicted molar refractivity (Wildman–Crippen MR) is 81.2 cm³/mol. The van der Waals surface area contributed by atoms with Crippen molar-refractivity contribution in [2.75, 3.05) is 5.73 Å². The van der Waals surface area contributed by atoms with Gasteiger partial charge < -0.3 is 19.0 Å². The van der Waals surface area contributed by atoms with Gasteiger partial charge in [0.2, 0.25) is 5.71 Å². The molecule has 0 spiro atoms. The van der Waals surface area contributed by atoms with E-state index in [9.17, 15) is 0 Å². The van der Waals surface area contributed by atoms with Crippen LogP contribution in [0.25, 0.3) is 33.9 Å². The molecule has 6 nitrogen and oxygen atoms in total. The number of hydrogen-bond acceptors (Lipinski definition) is 6. The number of fused-ring (bicyclic) bond motifs is 1. The fourth-order valence-electron chi connectivity index (χ4n) is 2.37. The fraction of sp³-hybridized carbons (Fsp3) is 0.0667. The molecule has 4 aromatic rings. The number of rotatable bonds is 3. The SMILES string of the molecule is Nc1nc(CCl)nc2oc(-c3ccco3)c(-c3ccco3)c12. The van der Waals surface area contributed by atoms with Crippen LogP contribution in [0.1, 0.15) is 5.82 Å². The molecule has 0 radical (unpaired) electrons. The zero-order chi connectivity index (χ0) is 15.1. The van der Waals surface area contributed by atoms with Crippen molar-refractivity contribution in [3.05, 3.63) is 42.6 Å². The van der Waals surface area contributed by atoms with Crippen LogP contribution in [0.15, 0.2) is 50.0 Å². The molecule has 0 bridgehead atoms. The number of anilines is 1. The van der Waals surface area contributed by atoms with Gasteiger partial charge in [0.15, 0.2) is 11.5 Å². The van der Waals surface area contributed by atoms with E-state index < -0.39 is 0 Å². The van der Waals surface area contributed by atoms with E-state index in [4.69, 9.17) is 30.6 Å². The van der Waals surface area contributed by atoms with Crippen molar-refractivity contribution < 1.29 is 13.3 Å². The second-order valence-electron chi connectivity index (χ2n) is 4.60. The third-order valence-corrected chi connectivity index (χ3v) is 3.50. The minimum atomic E-state index is 0.146. The van der Waals surface area contributed by atoms with Gasteiger partial charge in [0.1, 0.15) is 17.4 Å². The molecule has 0 aliphatic carbocycles. The number of alkyl halides is 1. The zero-order valence-electron chi connectivity index (χ0n) is 11.2. The lowest BCUT2D eigenvalue weighted by molar-refractivity contribution is 0.536. The van der Waals surface area contributed by atoms with Crippen LogP contribution in [0.4, 0.5) is 5.82 Å². The summed E-state index contributed by atoms with van der Waals surface area (Å²) in [7, 11) is 0. The van der Waals surface area contributed by atoms with E-state index in [1.165, 1.54) is 0 Å². The Bertz CT molecular complexity index is 927. The molecule has 0 fully saturated rings. The number of nitrogens with zero attached hydrogens (tertiary/aromatic N) is 2. The van der Waals surface area contributed by atoms with Crippen LogP contribution in [0.5, 0.6) is 0 Å². The highest BCUT2D eigenvalue weighted by atomic mass is 35.5. The molecule has 4 aromatic heterocycles. The van der Waals surface area contributed by atoms with E-state index in [0.717, 1.165) is 0 Å². The Balaban J connectivity index is 2.10. The van der Waals surface area contributed by atoms with Gasteiger partial charge in [-0.1, -0.05) is 0 Å². The highest BCUT2D eigenvalue weighted by Crippen LogP contribution is 2.42. The van der Waals surface area contributed by atoms with Gasteiger partial charge in [-0.25, -0.2) is 4.98 Å². The molecular weight excluding hydrogens is 306 g/mol. The number of furan rings is 3. The van der Waals surface area contributed by atoms with Gasteiger partial charge in [-0.15, -0.1) is 11.6 Å². The standard InChI is InChI=1S/C15H10ClN3O3/c16-7-10-18-14(17)12-11(8-3-1-5-20-8)13(22-15(12)19-10)9-4-2-6-21-9/h1-6H,7H2,(H2,17,18,19). The molecule has 7 heteroatoms. The number of aromatic nitrogens is 2. The lowest BCUT2D eigenvalue weighted by Gasteiger charge is -2.00. The number of halogens is 1. The Hall–Kier alpha value is -2.73. The average Bonchev–Trinajstić information content (AvgIpc) is 3.25. The van der Waals surface area contributed by atoms with Crippen LogP contribution in [-0.2, 0) is 5.88 Å². The fourth-order valence-corrected chi connectivity index (χ4v) is 2.49. The van der Waals surface area contributed by atoms with Crippen molar-refractivity contribution in [2.24, 2.45) is 0 Å². The molecule has 0 saturated carbocycles. The summed E-state index contributed by atoms with van der Waals surface area (Å²) in [5.41, 5.74) is 7.07. The molecule has 0 aliphatic heterocycles. The van der Waals surface area contributed by atoms with E-state index in [1.807, 2.05) is 6.07 Å². The second-order valence-corrected chi connectivity index (χ2v) is 4.87. The van der Waals surface area contributed by atoms with Crippen LogP contribution in [0.2, 0.25) is 0 Å². The predicted octanol–water partition coefficient (Wildman–Crippen LogP) is 4.06. The second kappa shape index (κ2) is 4.92. The molecule has 0 aliphatic rings. The quantitative estimate of drug-likeness (QED) is 0.573. The van der Waals surface area contributed by atoms with E-state index in [2.05, 4.69) is 9.97 Å². The summed E-state index contributed by atoms with van der Waals surface area (Å²) in [6.07, 6.45) is 3.14. The van der Waals surface area contributed by atoms with Crippen molar-refractivity contribution >= 4 is 28.5 Å². The zero-order valence-corrected chi connectivity index (χ0v) is 12.0. The minimum Gasteiger partial charge on any atom is -0.464 e. The molecule has 2 N–H and O–H groups in total. The molecule has 0 amide bonds. The summed E-state index contributed by atoms with van der Waals surface area (Å²) in [6, 6.07) is 7.15. The summed E-state index contributed by atoms with van der Waals surface area (Å²) in [5.74, 6) is 2.47. The molecule has 22 heavy (non-hydrogen) atoms.